The summed E-state index contributed by atoms with van der Waals surface area (Å²) in [4.78, 5) is 11.4. The van der Waals surface area contributed by atoms with Crippen LogP contribution in [-0.4, -0.2) is 33.3 Å². The zero-order valence-electron chi connectivity index (χ0n) is 10.8. The molecule has 1 aromatic rings. The number of piperidine rings is 1. The van der Waals surface area contributed by atoms with Gasteiger partial charge in [0, 0.05) is 18.2 Å². The van der Waals surface area contributed by atoms with Crippen LogP contribution in [0.15, 0.2) is 29.2 Å². The molecule has 5 nitrogen and oxygen atoms in total. The highest BCUT2D eigenvalue weighted by atomic mass is 32.2. The van der Waals surface area contributed by atoms with Gasteiger partial charge in [-0.2, -0.15) is 0 Å². The van der Waals surface area contributed by atoms with Gasteiger partial charge in [-0.1, -0.05) is 12.1 Å². The fraction of sp³-hybridized carbons (Fsp3) is 0.462. The van der Waals surface area contributed by atoms with Crippen molar-refractivity contribution in [2.75, 3.05) is 13.1 Å². The highest BCUT2D eigenvalue weighted by Crippen LogP contribution is 2.14. The number of Topliss-reactive ketones (excluding diaryl/α,β-unsaturated/α-hetero) is 1. The minimum absolute atomic E-state index is 0.0836. The van der Waals surface area contributed by atoms with E-state index < -0.39 is 10.0 Å². The molecule has 2 N–H and O–H groups in total. The molecule has 0 unspecified atom stereocenters. The van der Waals surface area contributed by atoms with Crippen molar-refractivity contribution in [1.29, 1.82) is 0 Å². The van der Waals surface area contributed by atoms with Crippen molar-refractivity contribution in [3.63, 3.8) is 0 Å². The predicted octanol–water partition coefficient (Wildman–Crippen LogP) is 0.919. The molecule has 0 aliphatic carbocycles. The maximum atomic E-state index is 12.2. The van der Waals surface area contributed by atoms with Crippen LogP contribution in [0.3, 0.4) is 0 Å². The molecule has 104 valence electrons. The van der Waals surface area contributed by atoms with Crippen LogP contribution >= 0.6 is 0 Å². The molecule has 0 bridgehead atoms. The lowest BCUT2D eigenvalue weighted by Gasteiger charge is -2.23. The highest BCUT2D eigenvalue weighted by Gasteiger charge is 2.22. The number of hydrogen-bond donors (Lipinski definition) is 2. The van der Waals surface area contributed by atoms with Gasteiger partial charge in [-0.3, -0.25) is 4.79 Å². The summed E-state index contributed by atoms with van der Waals surface area (Å²) in [6.07, 6.45) is 1.79. The van der Waals surface area contributed by atoms with Gasteiger partial charge in [-0.25, -0.2) is 13.1 Å². The topological polar surface area (TPSA) is 75.3 Å². The summed E-state index contributed by atoms with van der Waals surface area (Å²) in [6.45, 7) is 2.99. The lowest BCUT2D eigenvalue weighted by Crippen LogP contribution is -2.45. The van der Waals surface area contributed by atoms with E-state index in [0.717, 1.165) is 19.4 Å². The molecule has 1 atom stereocenters. The highest BCUT2D eigenvalue weighted by molar-refractivity contribution is 7.89. The van der Waals surface area contributed by atoms with Gasteiger partial charge in [0.2, 0.25) is 10.0 Å². The average molecular weight is 282 g/mol. The maximum Gasteiger partial charge on any atom is 0.240 e. The zero-order chi connectivity index (χ0) is 13.9. The van der Waals surface area contributed by atoms with Crippen molar-refractivity contribution in [2.24, 2.45) is 0 Å². The molecule has 0 aromatic heterocycles. The van der Waals surface area contributed by atoms with Gasteiger partial charge in [-0.15, -0.1) is 0 Å². The van der Waals surface area contributed by atoms with Crippen molar-refractivity contribution in [2.45, 2.75) is 30.7 Å². The van der Waals surface area contributed by atoms with E-state index in [0.29, 0.717) is 12.1 Å². The summed E-state index contributed by atoms with van der Waals surface area (Å²) >= 11 is 0. The smallest absolute Gasteiger partial charge is 0.240 e. The molecule has 0 amide bonds. The monoisotopic (exact) mass is 282 g/mol. The fourth-order valence-electron chi connectivity index (χ4n) is 2.12. The predicted molar refractivity (Wildman–Crippen MR) is 72.7 cm³/mol. The second kappa shape index (κ2) is 5.81. The Morgan fingerprint density at radius 2 is 2.21 bits per heavy atom. The van der Waals surface area contributed by atoms with Crippen LogP contribution in [0, 0.1) is 0 Å². The summed E-state index contributed by atoms with van der Waals surface area (Å²) < 4.78 is 27.1. The van der Waals surface area contributed by atoms with E-state index in [1.165, 1.54) is 19.1 Å². The Balaban J connectivity index is 2.18. The SMILES string of the molecule is CC(=O)c1cccc(S(=O)(=O)N[C@@H]2CCCNC2)c1. The maximum absolute atomic E-state index is 12.2. The summed E-state index contributed by atoms with van der Waals surface area (Å²) in [7, 11) is -3.56. The van der Waals surface area contributed by atoms with E-state index in [1.54, 1.807) is 12.1 Å². The molecule has 0 radical (unpaired) electrons. The van der Waals surface area contributed by atoms with Gasteiger partial charge in [-0.05, 0) is 38.4 Å². The number of benzene rings is 1. The first-order valence-corrected chi connectivity index (χ1v) is 7.81. The largest absolute Gasteiger partial charge is 0.315 e. The van der Waals surface area contributed by atoms with Gasteiger partial charge < -0.3 is 5.32 Å². The van der Waals surface area contributed by atoms with Crippen LogP contribution in [0.25, 0.3) is 0 Å². The van der Waals surface area contributed by atoms with E-state index in [1.807, 2.05) is 0 Å². The lowest BCUT2D eigenvalue weighted by atomic mass is 10.1. The van der Waals surface area contributed by atoms with Crippen molar-refractivity contribution in [1.82, 2.24) is 10.0 Å². The lowest BCUT2D eigenvalue weighted by molar-refractivity contribution is 0.101. The minimum atomic E-state index is -3.56. The number of carbonyl (C=O) groups excluding carboxylic acids is 1. The standard InChI is InChI=1S/C13H18N2O3S/c1-10(16)11-4-2-6-13(8-11)19(17,18)15-12-5-3-7-14-9-12/h2,4,6,8,12,14-15H,3,5,7,9H2,1H3/t12-/m1/s1. The molecule has 2 rings (SSSR count). The van der Waals surface area contributed by atoms with E-state index in [9.17, 15) is 13.2 Å². The minimum Gasteiger partial charge on any atom is -0.315 e. The Bertz CT molecular complexity index is 563. The van der Waals surface area contributed by atoms with Gasteiger partial charge in [0.05, 0.1) is 4.90 Å². The normalized spacial score (nSPS) is 20.2. The third-order valence-corrected chi connectivity index (χ3v) is 4.69. The molecular weight excluding hydrogens is 264 g/mol. The summed E-state index contributed by atoms with van der Waals surface area (Å²) in [5.41, 5.74) is 0.407. The van der Waals surface area contributed by atoms with Crippen LogP contribution in [-0.2, 0) is 10.0 Å². The van der Waals surface area contributed by atoms with Gasteiger partial charge in [0.15, 0.2) is 5.78 Å². The summed E-state index contributed by atoms with van der Waals surface area (Å²) in [6, 6.07) is 6.04. The molecule has 0 spiro atoms. The first kappa shape index (κ1) is 14.2. The van der Waals surface area contributed by atoms with E-state index >= 15 is 0 Å². The van der Waals surface area contributed by atoms with Crippen LogP contribution in [0.1, 0.15) is 30.1 Å². The van der Waals surface area contributed by atoms with Crippen LogP contribution < -0.4 is 10.0 Å². The Labute approximate surface area is 113 Å². The Kier molecular flexibility index (Phi) is 4.34. The van der Waals surface area contributed by atoms with E-state index in [-0.39, 0.29) is 16.7 Å². The van der Waals surface area contributed by atoms with Crippen LogP contribution in [0.5, 0.6) is 0 Å². The molecule has 1 saturated heterocycles. The van der Waals surface area contributed by atoms with Crippen LogP contribution in [0.2, 0.25) is 0 Å². The number of carbonyl (C=O) groups is 1. The first-order chi connectivity index (χ1) is 8.99. The number of hydrogen-bond acceptors (Lipinski definition) is 4. The number of rotatable bonds is 4. The van der Waals surface area contributed by atoms with Crippen molar-refractivity contribution >= 4 is 15.8 Å². The Hall–Kier alpha value is -1.24. The molecule has 0 saturated carbocycles. The molecule has 1 aliphatic heterocycles. The second-order valence-corrected chi connectivity index (χ2v) is 6.46. The molecule has 1 aromatic carbocycles. The van der Waals surface area contributed by atoms with Gasteiger partial charge in [0.1, 0.15) is 0 Å². The number of nitrogens with one attached hydrogen (secondary N) is 2. The van der Waals surface area contributed by atoms with Crippen LogP contribution in [0.4, 0.5) is 0 Å². The molecule has 1 heterocycles. The molecular formula is C13H18N2O3S. The first-order valence-electron chi connectivity index (χ1n) is 6.33. The van der Waals surface area contributed by atoms with Crippen molar-refractivity contribution in [3.05, 3.63) is 29.8 Å². The second-order valence-electron chi connectivity index (χ2n) is 4.75. The third kappa shape index (κ3) is 3.62. The zero-order valence-corrected chi connectivity index (χ0v) is 11.7. The van der Waals surface area contributed by atoms with Gasteiger partial charge in [0.25, 0.3) is 0 Å². The van der Waals surface area contributed by atoms with E-state index in [2.05, 4.69) is 10.0 Å². The number of sulfonamides is 1. The quantitative estimate of drug-likeness (QED) is 0.805. The molecule has 19 heavy (non-hydrogen) atoms. The molecule has 6 heteroatoms. The van der Waals surface area contributed by atoms with Crippen molar-refractivity contribution in [3.8, 4) is 0 Å². The molecule has 1 aliphatic rings. The fourth-order valence-corrected chi connectivity index (χ4v) is 3.44. The molecule has 1 fully saturated rings. The summed E-state index contributed by atoms with van der Waals surface area (Å²) in [5, 5.41) is 3.16. The van der Waals surface area contributed by atoms with E-state index in [4.69, 9.17) is 0 Å². The van der Waals surface area contributed by atoms with Crippen molar-refractivity contribution < 1.29 is 13.2 Å². The number of ketones is 1. The van der Waals surface area contributed by atoms with Gasteiger partial charge >= 0.3 is 0 Å². The third-order valence-electron chi connectivity index (χ3n) is 3.17. The Morgan fingerprint density at radius 1 is 1.42 bits per heavy atom. The average Bonchev–Trinajstić information content (AvgIpc) is 2.39. The summed E-state index contributed by atoms with van der Waals surface area (Å²) in [5.74, 6) is -0.142. The Morgan fingerprint density at radius 3 is 2.84 bits per heavy atom.